The molecule has 2 aliphatic heterocycles. The number of guanidine groups is 1. The largest absolute Gasteiger partial charge is 0.480 e. The number of aliphatic imine (C=N–C) groups is 1. The molecule has 0 saturated carbocycles. The second-order valence-corrected chi connectivity index (χ2v) is 8.05. The van der Waals surface area contributed by atoms with Crippen LogP contribution in [0.4, 0.5) is 4.79 Å². The zero-order chi connectivity index (χ0) is 19.8. The molecule has 10 nitrogen and oxygen atoms in total. The Kier molecular flexibility index (Phi) is 8.01. The molecule has 0 aromatic carbocycles. The second-order valence-electron chi connectivity index (χ2n) is 6.77. The lowest BCUT2D eigenvalue weighted by molar-refractivity contribution is -0.142. The van der Waals surface area contributed by atoms with Gasteiger partial charge in [0.25, 0.3) is 0 Å². The third-order valence-corrected chi connectivity index (χ3v) is 6.17. The molecular formula is C16H28N6O4S. The van der Waals surface area contributed by atoms with E-state index in [4.69, 9.17) is 11.5 Å². The second kappa shape index (κ2) is 10.2. The number of aliphatic carboxylic acids is 1. The number of hydrogen-bond donors (Lipinski definition) is 6. The minimum absolute atomic E-state index is 0.0365. The average molecular weight is 401 g/mol. The number of thioether (sulfide) groups is 1. The third kappa shape index (κ3) is 6.81. The van der Waals surface area contributed by atoms with Crippen LogP contribution in [0.5, 0.6) is 0 Å². The first kappa shape index (κ1) is 21.1. The molecule has 152 valence electrons. The number of carboxylic acid groups (broad SMARTS) is 1. The van der Waals surface area contributed by atoms with Crippen LogP contribution in [0.1, 0.15) is 38.5 Å². The Labute approximate surface area is 162 Å². The SMILES string of the molecule is NC(N)=NCCC[C@H](NC(=O)CCCC[C@@H]1SC[C@@H]2NC(=O)N[C@@H]21)C(=O)O. The number of carbonyl (C=O) groups is 3. The maximum Gasteiger partial charge on any atom is 0.326 e. The summed E-state index contributed by atoms with van der Waals surface area (Å²) in [5, 5.41) is 18.0. The van der Waals surface area contributed by atoms with E-state index in [2.05, 4.69) is 20.9 Å². The van der Waals surface area contributed by atoms with Crippen LogP contribution in [0.15, 0.2) is 4.99 Å². The summed E-state index contributed by atoms with van der Waals surface area (Å²) in [5.41, 5.74) is 10.4. The smallest absolute Gasteiger partial charge is 0.326 e. The number of nitrogens with two attached hydrogens (primary N) is 2. The van der Waals surface area contributed by atoms with Gasteiger partial charge in [0.15, 0.2) is 5.96 Å². The lowest BCUT2D eigenvalue weighted by Crippen LogP contribution is -2.40. The number of amides is 3. The van der Waals surface area contributed by atoms with Gasteiger partial charge in [-0.25, -0.2) is 9.59 Å². The molecule has 0 aromatic heterocycles. The van der Waals surface area contributed by atoms with Crippen molar-refractivity contribution in [2.24, 2.45) is 16.5 Å². The molecule has 0 unspecified atom stereocenters. The summed E-state index contributed by atoms with van der Waals surface area (Å²) in [4.78, 5) is 38.4. The van der Waals surface area contributed by atoms with Crippen LogP contribution in [0.3, 0.4) is 0 Å². The van der Waals surface area contributed by atoms with E-state index in [0.717, 1.165) is 18.6 Å². The van der Waals surface area contributed by atoms with Crippen LogP contribution >= 0.6 is 11.8 Å². The maximum atomic E-state index is 12.0. The van der Waals surface area contributed by atoms with Crippen molar-refractivity contribution in [3.63, 3.8) is 0 Å². The molecule has 2 rings (SSSR count). The first-order chi connectivity index (χ1) is 12.9. The van der Waals surface area contributed by atoms with Crippen molar-refractivity contribution in [2.45, 2.75) is 61.9 Å². The summed E-state index contributed by atoms with van der Waals surface area (Å²) < 4.78 is 0. The summed E-state index contributed by atoms with van der Waals surface area (Å²) >= 11 is 1.84. The van der Waals surface area contributed by atoms with Gasteiger partial charge in [-0.15, -0.1) is 0 Å². The highest BCUT2D eigenvalue weighted by atomic mass is 32.2. The molecule has 3 amide bonds. The van der Waals surface area contributed by atoms with Gasteiger partial charge in [0.1, 0.15) is 6.04 Å². The molecule has 2 saturated heterocycles. The average Bonchev–Trinajstić information content (AvgIpc) is 3.13. The van der Waals surface area contributed by atoms with E-state index >= 15 is 0 Å². The predicted molar refractivity (Wildman–Crippen MR) is 103 cm³/mol. The molecule has 0 aliphatic carbocycles. The fraction of sp³-hybridized carbons (Fsp3) is 0.750. The monoisotopic (exact) mass is 400 g/mol. The van der Waals surface area contributed by atoms with Crippen LogP contribution in [-0.4, -0.2) is 64.6 Å². The van der Waals surface area contributed by atoms with Gasteiger partial charge in [-0.2, -0.15) is 11.8 Å². The predicted octanol–water partition coefficient (Wildman–Crippen LogP) is -0.665. The molecule has 11 heteroatoms. The molecule has 0 radical (unpaired) electrons. The highest BCUT2D eigenvalue weighted by molar-refractivity contribution is 8.00. The Morgan fingerprint density at radius 1 is 1.30 bits per heavy atom. The zero-order valence-corrected chi connectivity index (χ0v) is 16.0. The first-order valence-corrected chi connectivity index (χ1v) is 10.2. The summed E-state index contributed by atoms with van der Waals surface area (Å²) in [6.45, 7) is 0.328. The quantitative estimate of drug-likeness (QED) is 0.115. The number of rotatable bonds is 11. The Balaban J connectivity index is 1.62. The number of nitrogens with zero attached hydrogens (tertiary/aromatic N) is 1. The molecule has 2 heterocycles. The Bertz CT molecular complexity index is 583. The van der Waals surface area contributed by atoms with Crippen molar-refractivity contribution in [2.75, 3.05) is 12.3 Å². The van der Waals surface area contributed by atoms with Gasteiger partial charge in [-0.3, -0.25) is 9.79 Å². The Morgan fingerprint density at radius 3 is 2.78 bits per heavy atom. The minimum atomic E-state index is -1.06. The standard InChI is InChI=1S/C16H28N6O4S/c17-15(18)19-7-3-4-9(14(24)25)20-12(23)6-2-1-5-11-13-10(8-27-11)21-16(26)22-13/h9-11,13H,1-8H2,(H,20,23)(H,24,25)(H4,17,18,19)(H2,21,22,26)/t9-,10-,11-,13-/m0/s1. The van der Waals surface area contributed by atoms with E-state index in [1.54, 1.807) is 0 Å². The number of nitrogens with one attached hydrogen (secondary N) is 3. The van der Waals surface area contributed by atoms with Crippen LogP contribution in [0.25, 0.3) is 0 Å². The number of hydrogen-bond acceptors (Lipinski definition) is 5. The normalized spacial score (nSPS) is 24.4. The van der Waals surface area contributed by atoms with Gasteiger partial charge >= 0.3 is 12.0 Å². The van der Waals surface area contributed by atoms with Gasteiger partial charge < -0.3 is 32.5 Å². The number of urea groups is 1. The van der Waals surface area contributed by atoms with E-state index in [1.165, 1.54) is 0 Å². The lowest BCUT2D eigenvalue weighted by atomic mass is 10.0. The summed E-state index contributed by atoms with van der Waals surface area (Å²) in [6.07, 6.45) is 3.48. The molecule has 2 fully saturated rings. The highest BCUT2D eigenvalue weighted by Crippen LogP contribution is 2.33. The van der Waals surface area contributed by atoms with E-state index in [9.17, 15) is 19.5 Å². The molecule has 0 spiro atoms. The van der Waals surface area contributed by atoms with Crippen LogP contribution in [0.2, 0.25) is 0 Å². The fourth-order valence-corrected chi connectivity index (χ4v) is 4.85. The van der Waals surface area contributed by atoms with Crippen LogP contribution in [-0.2, 0) is 9.59 Å². The van der Waals surface area contributed by atoms with Gasteiger partial charge in [-0.1, -0.05) is 6.42 Å². The topological polar surface area (TPSA) is 172 Å². The van der Waals surface area contributed by atoms with Crippen molar-refractivity contribution in [1.29, 1.82) is 0 Å². The number of carbonyl (C=O) groups excluding carboxylic acids is 2. The van der Waals surface area contributed by atoms with Crippen molar-refractivity contribution in [1.82, 2.24) is 16.0 Å². The third-order valence-electron chi connectivity index (χ3n) is 4.66. The van der Waals surface area contributed by atoms with Crippen molar-refractivity contribution in [3.8, 4) is 0 Å². The maximum absolute atomic E-state index is 12.0. The number of fused-ring (bicyclic) bond motifs is 1. The lowest BCUT2D eigenvalue weighted by Gasteiger charge is -2.17. The van der Waals surface area contributed by atoms with Crippen molar-refractivity contribution in [3.05, 3.63) is 0 Å². The molecule has 0 aromatic rings. The van der Waals surface area contributed by atoms with Gasteiger partial charge in [-0.05, 0) is 25.7 Å². The first-order valence-electron chi connectivity index (χ1n) is 9.13. The fourth-order valence-electron chi connectivity index (χ4n) is 3.30. The van der Waals surface area contributed by atoms with E-state index in [0.29, 0.717) is 24.6 Å². The Morgan fingerprint density at radius 2 is 2.07 bits per heavy atom. The molecule has 4 atom stereocenters. The van der Waals surface area contributed by atoms with E-state index in [-0.39, 0.29) is 42.8 Å². The van der Waals surface area contributed by atoms with Gasteiger partial charge in [0.2, 0.25) is 5.91 Å². The minimum Gasteiger partial charge on any atom is -0.480 e. The van der Waals surface area contributed by atoms with E-state index < -0.39 is 12.0 Å². The van der Waals surface area contributed by atoms with Gasteiger partial charge in [0.05, 0.1) is 12.1 Å². The molecule has 0 bridgehead atoms. The van der Waals surface area contributed by atoms with Crippen molar-refractivity contribution < 1.29 is 19.5 Å². The summed E-state index contributed by atoms with van der Waals surface area (Å²) in [5.74, 6) is -0.456. The molecule has 8 N–H and O–H groups in total. The van der Waals surface area contributed by atoms with Crippen molar-refractivity contribution >= 4 is 35.6 Å². The summed E-state index contributed by atoms with van der Waals surface area (Å²) in [6, 6.07) is -0.670. The molecule has 2 aliphatic rings. The van der Waals surface area contributed by atoms with Crippen LogP contribution in [0, 0.1) is 0 Å². The highest BCUT2D eigenvalue weighted by Gasteiger charge is 2.42. The Hall–Kier alpha value is -2.17. The number of unbranched alkanes of at least 4 members (excludes halogenated alkanes) is 1. The number of carboxylic acids is 1. The molecule has 27 heavy (non-hydrogen) atoms. The summed E-state index contributed by atoms with van der Waals surface area (Å²) in [7, 11) is 0. The zero-order valence-electron chi connectivity index (χ0n) is 15.1. The van der Waals surface area contributed by atoms with E-state index in [1.807, 2.05) is 11.8 Å². The van der Waals surface area contributed by atoms with Gasteiger partial charge in [0, 0.05) is 24.0 Å². The molecular weight excluding hydrogens is 372 g/mol. The van der Waals surface area contributed by atoms with Crippen LogP contribution < -0.4 is 27.4 Å².